The number of halogens is 2. The Kier molecular flexibility index (Phi) is 6.26. The molecule has 2 aromatic heterocycles. The number of amides is 1. The Morgan fingerprint density at radius 3 is 2.91 bits per heavy atom. The minimum atomic E-state index is -1.68. The van der Waals surface area contributed by atoms with E-state index in [1.54, 1.807) is 36.2 Å². The third-order valence-electron chi connectivity index (χ3n) is 5.78. The number of alkyl halides is 2. The van der Waals surface area contributed by atoms with Crippen LogP contribution in [0.25, 0.3) is 22.2 Å². The van der Waals surface area contributed by atoms with Crippen molar-refractivity contribution in [3.05, 3.63) is 65.7 Å². The summed E-state index contributed by atoms with van der Waals surface area (Å²) < 4.78 is 35.8. The maximum atomic E-state index is 13.1. The Morgan fingerprint density at radius 2 is 2.11 bits per heavy atom. The maximum absolute atomic E-state index is 13.1. The molecule has 0 bridgehead atoms. The molecule has 1 aliphatic heterocycles. The lowest BCUT2D eigenvalue weighted by atomic mass is 10.1. The molecule has 180 valence electrons. The zero-order valence-corrected chi connectivity index (χ0v) is 19.0. The highest BCUT2D eigenvalue weighted by atomic mass is 19.2. The van der Waals surface area contributed by atoms with Crippen molar-refractivity contribution < 1.29 is 22.8 Å². The van der Waals surface area contributed by atoms with Crippen LogP contribution in [-0.4, -0.2) is 58.5 Å². The fourth-order valence-electron chi connectivity index (χ4n) is 4.02. The highest BCUT2D eigenvalue weighted by Gasteiger charge is 2.27. The largest absolute Gasteiger partial charge is 0.490 e. The van der Waals surface area contributed by atoms with Gasteiger partial charge in [-0.05, 0) is 35.2 Å². The van der Waals surface area contributed by atoms with Crippen molar-refractivity contribution in [2.45, 2.75) is 19.6 Å². The van der Waals surface area contributed by atoms with E-state index in [2.05, 4.69) is 20.4 Å². The zero-order valence-electron chi connectivity index (χ0n) is 19.0. The first kappa shape index (κ1) is 22.7. The summed E-state index contributed by atoms with van der Waals surface area (Å²) in [4.78, 5) is 23.3. The molecule has 10 heteroatoms. The van der Waals surface area contributed by atoms with Gasteiger partial charge in [-0.3, -0.25) is 4.79 Å². The number of aryl methyl sites for hydroxylation is 1. The van der Waals surface area contributed by atoms with Gasteiger partial charge in [0, 0.05) is 49.3 Å². The summed E-state index contributed by atoms with van der Waals surface area (Å²) in [5, 5.41) is 9.22. The van der Waals surface area contributed by atoms with Crippen LogP contribution in [0.4, 0.5) is 14.6 Å². The quantitative estimate of drug-likeness (QED) is 0.382. The Bertz CT molecular complexity index is 1380. The highest BCUT2D eigenvalue weighted by molar-refractivity contribution is 5.99. The van der Waals surface area contributed by atoms with Gasteiger partial charge in [0.1, 0.15) is 24.8 Å². The number of aromatic nitrogens is 3. The normalized spacial score (nSPS) is 13.8. The molecule has 5 rings (SSSR count). The Morgan fingerprint density at radius 1 is 1.23 bits per heavy atom. The van der Waals surface area contributed by atoms with E-state index in [0.717, 1.165) is 21.9 Å². The van der Waals surface area contributed by atoms with E-state index in [1.165, 1.54) is 0 Å². The Balaban J connectivity index is 1.25. The number of nitrogens with zero attached hydrogens (tertiary/aromatic N) is 4. The average Bonchev–Trinajstić information content (AvgIpc) is 3.45. The number of rotatable bonds is 9. The molecule has 3 heterocycles. The fourth-order valence-corrected chi connectivity index (χ4v) is 4.02. The Labute approximate surface area is 199 Å². The summed E-state index contributed by atoms with van der Waals surface area (Å²) in [5.74, 6) is 1.91. The molecule has 0 spiro atoms. The number of hydrogen-bond donors (Lipinski definition) is 1. The number of anilines is 1. The van der Waals surface area contributed by atoms with E-state index < -0.39 is 12.8 Å². The second kappa shape index (κ2) is 9.65. The molecule has 2 aromatic carbocycles. The molecule has 0 fully saturated rings. The smallest absolute Gasteiger partial charge is 0.254 e. The number of carbonyl (C=O) groups excluding carboxylic acids is 1. The van der Waals surface area contributed by atoms with E-state index in [9.17, 15) is 13.6 Å². The van der Waals surface area contributed by atoms with Crippen molar-refractivity contribution in [3.8, 4) is 17.1 Å². The summed E-state index contributed by atoms with van der Waals surface area (Å²) in [5.41, 5.74) is 2.20. The summed E-state index contributed by atoms with van der Waals surface area (Å²) in [7, 11) is 0. The van der Waals surface area contributed by atoms with E-state index >= 15 is 0 Å². The molecule has 0 aliphatic carbocycles. The van der Waals surface area contributed by atoms with Gasteiger partial charge in [0.2, 0.25) is 11.7 Å². The first-order valence-electron chi connectivity index (χ1n) is 11.2. The van der Waals surface area contributed by atoms with Crippen LogP contribution in [0.15, 0.2) is 53.2 Å². The van der Waals surface area contributed by atoms with Gasteiger partial charge in [0.25, 0.3) is 5.91 Å². The fraction of sp³-hybridized carbons (Fsp3) is 0.280. The van der Waals surface area contributed by atoms with Gasteiger partial charge in [0.15, 0.2) is 6.17 Å². The lowest BCUT2D eigenvalue weighted by Crippen LogP contribution is -2.29. The van der Waals surface area contributed by atoms with Gasteiger partial charge in [0.05, 0.1) is 0 Å². The van der Waals surface area contributed by atoms with Crippen LogP contribution < -0.4 is 10.1 Å². The molecule has 1 aliphatic rings. The van der Waals surface area contributed by atoms with Crippen LogP contribution in [-0.2, 0) is 6.54 Å². The molecule has 1 amide bonds. The lowest BCUT2D eigenvalue weighted by molar-refractivity contribution is 0.0784. The summed E-state index contributed by atoms with van der Waals surface area (Å²) in [6, 6.07) is 12.8. The second-order valence-corrected chi connectivity index (χ2v) is 8.27. The lowest BCUT2D eigenvalue weighted by Gasteiger charge is -2.17. The number of pyridine rings is 1. The minimum absolute atomic E-state index is 0.129. The molecule has 8 nitrogen and oxygen atoms in total. The molecule has 4 aromatic rings. The van der Waals surface area contributed by atoms with Gasteiger partial charge < -0.3 is 19.5 Å². The van der Waals surface area contributed by atoms with Crippen molar-refractivity contribution in [2.75, 3.05) is 31.7 Å². The third-order valence-corrected chi connectivity index (χ3v) is 5.78. The van der Waals surface area contributed by atoms with E-state index in [-0.39, 0.29) is 12.5 Å². The molecule has 1 atom stereocenters. The molecule has 1 unspecified atom stereocenters. The number of nitrogens with one attached hydrogen (secondary N) is 1. The molecular weight excluding hydrogens is 456 g/mol. The number of carbonyl (C=O) groups is 1. The van der Waals surface area contributed by atoms with Gasteiger partial charge in [-0.2, -0.15) is 4.98 Å². The van der Waals surface area contributed by atoms with Gasteiger partial charge in [-0.15, -0.1) is 0 Å². The predicted octanol–water partition coefficient (Wildman–Crippen LogP) is 4.35. The van der Waals surface area contributed by atoms with Crippen molar-refractivity contribution in [3.63, 3.8) is 0 Å². The monoisotopic (exact) mass is 479 g/mol. The second-order valence-electron chi connectivity index (χ2n) is 8.27. The first-order valence-corrected chi connectivity index (χ1v) is 11.2. The van der Waals surface area contributed by atoms with Crippen molar-refractivity contribution >= 4 is 22.5 Å². The van der Waals surface area contributed by atoms with E-state index in [0.29, 0.717) is 48.5 Å². The number of ether oxygens (including phenoxy) is 1. The third kappa shape index (κ3) is 4.77. The number of fused-ring (bicyclic) bond motifs is 2. The molecule has 0 saturated heterocycles. The van der Waals surface area contributed by atoms with Gasteiger partial charge >= 0.3 is 0 Å². The first-order chi connectivity index (χ1) is 17.0. The SMILES string of the molecule is Cc1nc(-c2ccc3ccnc(NCCN4Cc5ccc(OCC(F)CF)cc5C4=O)c3c2)no1. The van der Waals surface area contributed by atoms with Crippen LogP contribution in [0.5, 0.6) is 5.75 Å². The number of hydrogen-bond acceptors (Lipinski definition) is 7. The van der Waals surface area contributed by atoms with Gasteiger partial charge in [-0.25, -0.2) is 13.8 Å². The van der Waals surface area contributed by atoms with Crippen LogP contribution in [0.2, 0.25) is 0 Å². The molecule has 35 heavy (non-hydrogen) atoms. The standard InChI is InChI=1S/C25H23F2N5O3/c1-15-30-23(31-35-15)17-3-2-16-6-7-28-24(21(16)10-17)29-8-9-32-13-18-4-5-20(11-22(18)25(32)33)34-14-19(27)12-26/h2-7,10-11,19H,8-9,12-14H2,1H3,(H,28,29). The molecule has 1 N–H and O–H groups in total. The maximum Gasteiger partial charge on any atom is 0.254 e. The van der Waals surface area contributed by atoms with Gasteiger partial charge in [-0.1, -0.05) is 23.4 Å². The summed E-state index contributed by atoms with van der Waals surface area (Å²) >= 11 is 0. The minimum Gasteiger partial charge on any atom is -0.490 e. The summed E-state index contributed by atoms with van der Waals surface area (Å²) in [6.07, 6.45) is 0.0446. The molecular formula is C25H23F2N5O3. The highest BCUT2D eigenvalue weighted by Crippen LogP contribution is 2.28. The molecule has 0 radical (unpaired) electrons. The predicted molar refractivity (Wildman–Crippen MR) is 126 cm³/mol. The van der Waals surface area contributed by atoms with E-state index in [1.807, 2.05) is 24.3 Å². The summed E-state index contributed by atoms with van der Waals surface area (Å²) in [6.45, 7) is 1.67. The van der Waals surface area contributed by atoms with E-state index in [4.69, 9.17) is 9.26 Å². The number of benzene rings is 2. The van der Waals surface area contributed by atoms with Crippen LogP contribution in [0, 0.1) is 6.92 Å². The van der Waals surface area contributed by atoms with Crippen molar-refractivity contribution in [1.82, 2.24) is 20.0 Å². The average molecular weight is 479 g/mol. The van der Waals surface area contributed by atoms with Crippen molar-refractivity contribution in [1.29, 1.82) is 0 Å². The van der Waals surface area contributed by atoms with Crippen LogP contribution in [0.3, 0.4) is 0 Å². The Hall–Kier alpha value is -4.08. The zero-order chi connectivity index (χ0) is 24.4. The topological polar surface area (TPSA) is 93.4 Å². The van der Waals surface area contributed by atoms with Crippen LogP contribution in [0.1, 0.15) is 21.8 Å². The van der Waals surface area contributed by atoms with Crippen molar-refractivity contribution in [2.24, 2.45) is 0 Å². The molecule has 0 saturated carbocycles. The van der Waals surface area contributed by atoms with Crippen LogP contribution >= 0.6 is 0 Å².